The third-order valence-electron chi connectivity index (χ3n) is 6.66. The summed E-state index contributed by atoms with van der Waals surface area (Å²) < 4.78 is 5.43. The van der Waals surface area contributed by atoms with Gasteiger partial charge < -0.3 is 20.7 Å². The number of nitrogens with zero attached hydrogens (tertiary/aromatic N) is 1. The predicted molar refractivity (Wildman–Crippen MR) is 153 cm³/mol. The molecule has 1 saturated carbocycles. The van der Waals surface area contributed by atoms with Crippen LogP contribution in [0.1, 0.15) is 49.5 Å². The summed E-state index contributed by atoms with van der Waals surface area (Å²) in [4.78, 5) is 30.9. The maximum atomic E-state index is 13.4. The Morgan fingerprint density at radius 2 is 1.68 bits per heavy atom. The van der Waals surface area contributed by atoms with Gasteiger partial charge in [-0.3, -0.25) is 9.59 Å². The highest BCUT2D eigenvalue weighted by Gasteiger charge is 2.23. The number of hydrogen-bond acceptors (Lipinski definition) is 6. The van der Waals surface area contributed by atoms with Crippen LogP contribution in [0, 0.1) is 0 Å². The molecular weight excluding hydrogens is 476 g/mol. The summed E-state index contributed by atoms with van der Waals surface area (Å²) in [5.41, 5.74) is 3.41. The van der Waals surface area contributed by atoms with Crippen molar-refractivity contribution in [3.05, 3.63) is 84.1 Å². The normalized spacial score (nSPS) is 13.2. The van der Waals surface area contributed by atoms with Gasteiger partial charge in [-0.15, -0.1) is 0 Å². The van der Waals surface area contributed by atoms with Gasteiger partial charge in [-0.1, -0.05) is 51.1 Å². The molecule has 0 aliphatic heterocycles. The first kappa shape index (κ1) is 25.3. The van der Waals surface area contributed by atoms with Gasteiger partial charge in [0.1, 0.15) is 11.6 Å². The number of methoxy groups -OCH3 is 1. The number of amides is 1. The molecule has 3 N–H and O–H groups in total. The van der Waals surface area contributed by atoms with E-state index in [4.69, 9.17) is 4.74 Å². The molecular formula is C31H32N4O3. The van der Waals surface area contributed by atoms with Crippen LogP contribution in [0.3, 0.4) is 0 Å². The zero-order chi connectivity index (χ0) is 26.9. The Morgan fingerprint density at radius 1 is 0.921 bits per heavy atom. The molecule has 0 unspecified atom stereocenters. The van der Waals surface area contributed by atoms with Crippen molar-refractivity contribution in [3.63, 3.8) is 0 Å². The van der Waals surface area contributed by atoms with Crippen LogP contribution in [0.5, 0.6) is 5.75 Å². The van der Waals surface area contributed by atoms with E-state index in [9.17, 15) is 9.59 Å². The van der Waals surface area contributed by atoms with Crippen LogP contribution >= 0.6 is 0 Å². The number of carbonyl (C=O) groups is 2. The van der Waals surface area contributed by atoms with Gasteiger partial charge in [-0.25, -0.2) is 4.98 Å². The highest BCUT2D eigenvalue weighted by molar-refractivity contribution is 6.48. The minimum absolute atomic E-state index is 0.127. The number of Topliss-reactive ketones (excluding diaryl/α,β-unsaturated/α-hetero) is 1. The Balaban J connectivity index is 1.42. The molecule has 0 spiro atoms. The Bertz CT molecular complexity index is 1520. The predicted octanol–water partition coefficient (Wildman–Crippen LogP) is 6.68. The number of benzene rings is 3. The summed E-state index contributed by atoms with van der Waals surface area (Å²) in [6, 6.07) is 21.1. The van der Waals surface area contributed by atoms with E-state index < -0.39 is 11.7 Å². The molecule has 1 heterocycles. The van der Waals surface area contributed by atoms with Gasteiger partial charge in [-0.05, 0) is 59.5 Å². The first-order valence-corrected chi connectivity index (χ1v) is 12.8. The highest BCUT2D eigenvalue weighted by Crippen LogP contribution is 2.33. The number of nitrogens with one attached hydrogen (secondary N) is 3. The van der Waals surface area contributed by atoms with Crippen molar-refractivity contribution in [2.45, 2.75) is 45.1 Å². The van der Waals surface area contributed by atoms with E-state index in [1.807, 2.05) is 54.6 Å². The van der Waals surface area contributed by atoms with E-state index in [1.165, 1.54) is 20.0 Å². The molecule has 1 aliphatic carbocycles. The van der Waals surface area contributed by atoms with Crippen molar-refractivity contribution >= 4 is 45.3 Å². The number of fused-ring (bicyclic) bond motifs is 1. The average Bonchev–Trinajstić information content (AvgIpc) is 3.72. The smallest absolute Gasteiger partial charge is 0.296 e. The lowest BCUT2D eigenvalue weighted by atomic mass is 9.87. The van der Waals surface area contributed by atoms with E-state index in [1.54, 1.807) is 18.3 Å². The van der Waals surface area contributed by atoms with Crippen LogP contribution in [-0.4, -0.2) is 29.8 Å². The molecule has 7 heteroatoms. The van der Waals surface area contributed by atoms with E-state index in [0.29, 0.717) is 28.4 Å². The van der Waals surface area contributed by atoms with Crippen LogP contribution in [0.4, 0.5) is 22.9 Å². The lowest BCUT2D eigenvalue weighted by Crippen LogP contribution is -2.24. The van der Waals surface area contributed by atoms with Gasteiger partial charge in [0, 0.05) is 40.6 Å². The molecule has 3 aromatic carbocycles. The van der Waals surface area contributed by atoms with Crippen LogP contribution in [-0.2, 0) is 10.2 Å². The minimum atomic E-state index is -0.717. The zero-order valence-corrected chi connectivity index (χ0v) is 22.1. The van der Waals surface area contributed by atoms with Crippen molar-refractivity contribution in [2.75, 3.05) is 23.1 Å². The van der Waals surface area contributed by atoms with Crippen LogP contribution in [0.25, 0.3) is 10.8 Å². The molecule has 7 nitrogen and oxygen atoms in total. The molecule has 1 aliphatic rings. The highest BCUT2D eigenvalue weighted by atomic mass is 16.5. The Morgan fingerprint density at radius 3 is 2.39 bits per heavy atom. The number of ketones is 1. The number of ether oxygens (including phenoxy) is 1. The second-order valence-corrected chi connectivity index (χ2v) is 10.6. The summed E-state index contributed by atoms with van der Waals surface area (Å²) in [5, 5.41) is 11.2. The quantitative estimate of drug-likeness (QED) is 0.182. The number of hydrogen-bond donors (Lipinski definition) is 3. The lowest BCUT2D eigenvalue weighted by molar-refractivity contribution is -0.112. The molecule has 1 aromatic heterocycles. The molecule has 194 valence electrons. The fourth-order valence-electron chi connectivity index (χ4n) is 4.36. The monoisotopic (exact) mass is 508 g/mol. The van der Waals surface area contributed by atoms with E-state index in [0.717, 1.165) is 28.1 Å². The number of anilines is 4. The topological polar surface area (TPSA) is 92.3 Å². The number of aromatic nitrogens is 1. The van der Waals surface area contributed by atoms with Crippen molar-refractivity contribution in [3.8, 4) is 5.75 Å². The third kappa shape index (κ3) is 5.47. The molecule has 38 heavy (non-hydrogen) atoms. The fourth-order valence-corrected chi connectivity index (χ4v) is 4.36. The Hall–Kier alpha value is -4.39. The van der Waals surface area contributed by atoms with Crippen LogP contribution in [0.2, 0.25) is 0 Å². The largest absolute Gasteiger partial charge is 0.495 e. The summed E-state index contributed by atoms with van der Waals surface area (Å²) in [6.07, 6.45) is 4.10. The SMILES string of the molecule is COc1ccc(C(C)(C)C)cc1NC(=O)C(=O)c1ccc(Nc2ccnc(NC3CC3)c2)c2ccccc12. The zero-order valence-electron chi connectivity index (χ0n) is 22.1. The molecule has 0 bridgehead atoms. The third-order valence-corrected chi connectivity index (χ3v) is 6.66. The van der Waals surface area contributed by atoms with Crippen molar-refractivity contribution < 1.29 is 14.3 Å². The molecule has 1 fully saturated rings. The lowest BCUT2D eigenvalue weighted by Gasteiger charge is -2.21. The first-order valence-electron chi connectivity index (χ1n) is 12.8. The standard InChI is InChI=1S/C31H32N4O3/c1-31(2,3)19-9-14-27(38-4)26(17-19)35-30(37)29(36)24-12-13-25(23-8-6-5-7-22(23)24)33-21-15-16-32-28(18-21)34-20-10-11-20/h5-9,12-18,20H,10-11H2,1-4H3,(H,35,37)(H2,32,33,34). The molecule has 4 aromatic rings. The molecule has 0 atom stereocenters. The van der Waals surface area contributed by atoms with E-state index in [-0.39, 0.29) is 5.41 Å². The van der Waals surface area contributed by atoms with Gasteiger partial charge in [-0.2, -0.15) is 0 Å². The van der Waals surface area contributed by atoms with Gasteiger partial charge in [0.15, 0.2) is 0 Å². The summed E-state index contributed by atoms with van der Waals surface area (Å²) in [6.45, 7) is 6.26. The van der Waals surface area contributed by atoms with Crippen LogP contribution < -0.4 is 20.7 Å². The summed E-state index contributed by atoms with van der Waals surface area (Å²) in [7, 11) is 1.54. The summed E-state index contributed by atoms with van der Waals surface area (Å²) in [5.74, 6) is -0.00590. The maximum absolute atomic E-state index is 13.4. The van der Waals surface area contributed by atoms with Crippen molar-refractivity contribution in [1.29, 1.82) is 0 Å². The van der Waals surface area contributed by atoms with Crippen molar-refractivity contribution in [2.24, 2.45) is 0 Å². The average molecular weight is 509 g/mol. The Labute approximate surface area is 222 Å². The Kier molecular flexibility index (Phi) is 6.76. The van der Waals surface area contributed by atoms with E-state index >= 15 is 0 Å². The van der Waals surface area contributed by atoms with E-state index in [2.05, 4.69) is 41.7 Å². The molecule has 1 amide bonds. The number of carbonyl (C=O) groups excluding carboxylic acids is 2. The van der Waals surface area contributed by atoms with Gasteiger partial charge in [0.25, 0.3) is 11.7 Å². The summed E-state index contributed by atoms with van der Waals surface area (Å²) >= 11 is 0. The van der Waals surface area contributed by atoms with Gasteiger partial charge in [0.2, 0.25) is 0 Å². The fraction of sp³-hybridized carbons (Fsp3) is 0.258. The van der Waals surface area contributed by atoms with Gasteiger partial charge >= 0.3 is 0 Å². The maximum Gasteiger partial charge on any atom is 0.296 e. The van der Waals surface area contributed by atoms with Gasteiger partial charge in [0.05, 0.1) is 12.8 Å². The molecule has 0 radical (unpaired) electrons. The minimum Gasteiger partial charge on any atom is -0.495 e. The molecule has 0 saturated heterocycles. The number of pyridine rings is 1. The number of rotatable bonds is 8. The van der Waals surface area contributed by atoms with Crippen molar-refractivity contribution in [1.82, 2.24) is 4.98 Å². The molecule has 5 rings (SSSR count). The van der Waals surface area contributed by atoms with Crippen LogP contribution in [0.15, 0.2) is 72.9 Å². The first-order chi connectivity index (χ1) is 18.2. The second kappa shape index (κ2) is 10.2. The second-order valence-electron chi connectivity index (χ2n) is 10.6.